The molecule has 0 radical (unpaired) electrons. The number of rotatable bonds is 4. The molecule has 2 aromatic rings. The fourth-order valence-electron chi connectivity index (χ4n) is 1.86. The first kappa shape index (κ1) is 12.2. The maximum Gasteiger partial charge on any atom is 0.253 e. The summed E-state index contributed by atoms with van der Waals surface area (Å²) in [5, 5.41) is 3.74. The topological polar surface area (TPSA) is 70.9 Å². The third-order valence-corrected chi connectivity index (χ3v) is 2.78. The summed E-state index contributed by atoms with van der Waals surface area (Å²) < 4.78 is 0. The third kappa shape index (κ3) is 2.53. The van der Waals surface area contributed by atoms with E-state index in [4.69, 9.17) is 5.73 Å². The Labute approximate surface area is 106 Å². The zero-order chi connectivity index (χ0) is 13.0. The second-order valence-electron chi connectivity index (χ2n) is 4.12. The molecule has 1 amide bonds. The van der Waals surface area contributed by atoms with Crippen molar-refractivity contribution < 1.29 is 4.79 Å². The molecule has 4 N–H and O–H groups in total. The number of nitrogen functional groups attached to an aromatic ring is 1. The Morgan fingerprint density at radius 3 is 3.11 bits per heavy atom. The molecule has 0 bridgehead atoms. The highest BCUT2D eigenvalue weighted by atomic mass is 16.1. The van der Waals surface area contributed by atoms with Crippen molar-refractivity contribution in [2.75, 3.05) is 12.3 Å². The standard InChI is InChI=1S/C14H17N3O/c1-2-3-4-7-16-14(18)12-9-17-13-6-5-10(15)8-11(12)13/h2-3,5-6,8-9,17H,4,7,15H2,1H3,(H,16,18)/b3-2+. The quantitative estimate of drug-likeness (QED) is 0.438. The molecular weight excluding hydrogens is 226 g/mol. The van der Waals surface area contributed by atoms with Gasteiger partial charge in [-0.15, -0.1) is 0 Å². The normalized spacial score (nSPS) is 11.2. The van der Waals surface area contributed by atoms with Gasteiger partial charge in [0.1, 0.15) is 0 Å². The van der Waals surface area contributed by atoms with Crippen LogP contribution in [0.1, 0.15) is 23.7 Å². The fourth-order valence-corrected chi connectivity index (χ4v) is 1.86. The highest BCUT2D eigenvalue weighted by molar-refractivity contribution is 6.07. The summed E-state index contributed by atoms with van der Waals surface area (Å²) in [6.45, 7) is 2.60. The lowest BCUT2D eigenvalue weighted by Gasteiger charge is -2.02. The molecule has 18 heavy (non-hydrogen) atoms. The number of H-pyrrole nitrogens is 1. The predicted octanol–water partition coefficient (Wildman–Crippen LogP) is 2.45. The number of nitrogens with one attached hydrogen (secondary N) is 2. The zero-order valence-corrected chi connectivity index (χ0v) is 10.4. The summed E-state index contributed by atoms with van der Waals surface area (Å²) in [6.07, 6.45) is 6.55. The van der Waals surface area contributed by atoms with Gasteiger partial charge in [-0.3, -0.25) is 4.79 Å². The van der Waals surface area contributed by atoms with Crippen LogP contribution in [0.5, 0.6) is 0 Å². The first-order chi connectivity index (χ1) is 8.72. The minimum Gasteiger partial charge on any atom is -0.399 e. The van der Waals surface area contributed by atoms with Gasteiger partial charge in [-0.25, -0.2) is 0 Å². The third-order valence-electron chi connectivity index (χ3n) is 2.78. The molecule has 0 saturated heterocycles. The molecule has 0 aliphatic carbocycles. The molecule has 0 saturated carbocycles. The number of allylic oxidation sites excluding steroid dienone is 1. The Bertz CT molecular complexity index is 584. The van der Waals surface area contributed by atoms with Crippen molar-refractivity contribution in [3.8, 4) is 0 Å². The Morgan fingerprint density at radius 1 is 1.50 bits per heavy atom. The van der Waals surface area contributed by atoms with E-state index in [2.05, 4.69) is 10.3 Å². The summed E-state index contributed by atoms with van der Waals surface area (Å²) in [7, 11) is 0. The lowest BCUT2D eigenvalue weighted by atomic mass is 10.1. The smallest absolute Gasteiger partial charge is 0.253 e. The maximum atomic E-state index is 12.0. The fraction of sp³-hybridized carbons (Fsp3) is 0.214. The molecular formula is C14H17N3O. The van der Waals surface area contributed by atoms with Gasteiger partial charge >= 0.3 is 0 Å². The van der Waals surface area contributed by atoms with Crippen LogP contribution < -0.4 is 11.1 Å². The van der Waals surface area contributed by atoms with Crippen molar-refractivity contribution in [1.29, 1.82) is 0 Å². The SMILES string of the molecule is C/C=C/CCNC(=O)c1c[nH]c2ccc(N)cc12. The number of carbonyl (C=O) groups excluding carboxylic acids is 1. The van der Waals surface area contributed by atoms with E-state index in [1.54, 1.807) is 6.20 Å². The van der Waals surface area contributed by atoms with Crippen LogP contribution in [0.25, 0.3) is 10.9 Å². The molecule has 94 valence electrons. The molecule has 4 heteroatoms. The van der Waals surface area contributed by atoms with E-state index in [0.717, 1.165) is 17.3 Å². The molecule has 1 aromatic carbocycles. The number of hydrogen-bond acceptors (Lipinski definition) is 2. The van der Waals surface area contributed by atoms with E-state index in [9.17, 15) is 4.79 Å². The molecule has 0 spiro atoms. The van der Waals surface area contributed by atoms with Crippen LogP contribution >= 0.6 is 0 Å². The van der Waals surface area contributed by atoms with Gasteiger partial charge in [0.05, 0.1) is 5.56 Å². The van der Waals surface area contributed by atoms with Crippen LogP contribution in [0.4, 0.5) is 5.69 Å². The van der Waals surface area contributed by atoms with Gasteiger partial charge in [0.15, 0.2) is 0 Å². The van der Waals surface area contributed by atoms with Crippen LogP contribution in [-0.2, 0) is 0 Å². The van der Waals surface area contributed by atoms with E-state index in [1.807, 2.05) is 37.3 Å². The molecule has 0 aliphatic rings. The summed E-state index contributed by atoms with van der Waals surface area (Å²) >= 11 is 0. The van der Waals surface area contributed by atoms with Gasteiger partial charge in [0, 0.05) is 29.3 Å². The van der Waals surface area contributed by atoms with Crippen molar-refractivity contribution in [3.05, 3.63) is 42.1 Å². The molecule has 4 nitrogen and oxygen atoms in total. The average Bonchev–Trinajstić information content (AvgIpc) is 2.77. The second kappa shape index (κ2) is 5.40. The Kier molecular flexibility index (Phi) is 3.67. The van der Waals surface area contributed by atoms with Crippen LogP contribution in [0, 0.1) is 0 Å². The number of anilines is 1. The van der Waals surface area contributed by atoms with Gasteiger partial charge < -0.3 is 16.0 Å². The molecule has 0 aliphatic heterocycles. The summed E-state index contributed by atoms with van der Waals surface area (Å²) in [5.74, 6) is -0.0728. The Hall–Kier alpha value is -2.23. The van der Waals surface area contributed by atoms with Crippen LogP contribution in [-0.4, -0.2) is 17.4 Å². The van der Waals surface area contributed by atoms with E-state index < -0.39 is 0 Å². The molecule has 0 atom stereocenters. The molecule has 2 rings (SSSR count). The van der Waals surface area contributed by atoms with Crippen molar-refractivity contribution in [2.24, 2.45) is 0 Å². The molecule has 0 fully saturated rings. The number of aromatic amines is 1. The highest BCUT2D eigenvalue weighted by Crippen LogP contribution is 2.20. The van der Waals surface area contributed by atoms with E-state index in [0.29, 0.717) is 17.8 Å². The number of carbonyl (C=O) groups is 1. The summed E-state index contributed by atoms with van der Waals surface area (Å²) in [6, 6.07) is 5.50. The molecule has 1 heterocycles. The minimum atomic E-state index is -0.0728. The van der Waals surface area contributed by atoms with E-state index in [-0.39, 0.29) is 5.91 Å². The lowest BCUT2D eigenvalue weighted by molar-refractivity contribution is 0.0956. The Morgan fingerprint density at radius 2 is 2.33 bits per heavy atom. The van der Waals surface area contributed by atoms with E-state index in [1.165, 1.54) is 0 Å². The lowest BCUT2D eigenvalue weighted by Crippen LogP contribution is -2.23. The first-order valence-electron chi connectivity index (χ1n) is 5.98. The number of aromatic nitrogens is 1. The van der Waals surface area contributed by atoms with Crippen LogP contribution in [0.15, 0.2) is 36.5 Å². The number of benzene rings is 1. The van der Waals surface area contributed by atoms with Crippen molar-refractivity contribution >= 4 is 22.5 Å². The van der Waals surface area contributed by atoms with Crippen molar-refractivity contribution in [1.82, 2.24) is 10.3 Å². The number of nitrogens with two attached hydrogens (primary N) is 1. The largest absolute Gasteiger partial charge is 0.399 e. The van der Waals surface area contributed by atoms with Crippen molar-refractivity contribution in [3.63, 3.8) is 0 Å². The van der Waals surface area contributed by atoms with Gasteiger partial charge in [-0.2, -0.15) is 0 Å². The van der Waals surface area contributed by atoms with Crippen molar-refractivity contribution in [2.45, 2.75) is 13.3 Å². The van der Waals surface area contributed by atoms with Crippen LogP contribution in [0.2, 0.25) is 0 Å². The maximum absolute atomic E-state index is 12.0. The Balaban J connectivity index is 2.15. The highest BCUT2D eigenvalue weighted by Gasteiger charge is 2.11. The second-order valence-corrected chi connectivity index (χ2v) is 4.12. The van der Waals surface area contributed by atoms with Gasteiger partial charge in [0.2, 0.25) is 0 Å². The number of hydrogen-bond donors (Lipinski definition) is 3. The minimum absolute atomic E-state index is 0.0728. The van der Waals surface area contributed by atoms with Gasteiger partial charge in [-0.1, -0.05) is 12.2 Å². The van der Waals surface area contributed by atoms with Gasteiger partial charge in [0.25, 0.3) is 5.91 Å². The summed E-state index contributed by atoms with van der Waals surface area (Å²) in [4.78, 5) is 15.1. The zero-order valence-electron chi connectivity index (χ0n) is 10.4. The monoisotopic (exact) mass is 243 g/mol. The number of amides is 1. The predicted molar refractivity (Wildman–Crippen MR) is 74.5 cm³/mol. The van der Waals surface area contributed by atoms with Crippen LogP contribution in [0.3, 0.4) is 0 Å². The average molecular weight is 243 g/mol. The van der Waals surface area contributed by atoms with E-state index >= 15 is 0 Å². The summed E-state index contributed by atoms with van der Waals surface area (Å²) in [5.41, 5.74) is 7.95. The first-order valence-corrected chi connectivity index (χ1v) is 5.98. The van der Waals surface area contributed by atoms with Gasteiger partial charge in [-0.05, 0) is 31.5 Å². The number of fused-ring (bicyclic) bond motifs is 1. The molecule has 0 unspecified atom stereocenters. The molecule has 1 aromatic heterocycles.